The highest BCUT2D eigenvalue weighted by molar-refractivity contribution is 7.99. The van der Waals surface area contributed by atoms with Crippen molar-refractivity contribution in [2.75, 3.05) is 7.11 Å². The van der Waals surface area contributed by atoms with E-state index in [9.17, 15) is 0 Å². The van der Waals surface area contributed by atoms with E-state index in [1.165, 1.54) is 28.9 Å². The molecule has 1 atom stereocenters. The Morgan fingerprint density at radius 2 is 1.83 bits per heavy atom. The monoisotopic (exact) mass is 256 g/mol. The zero-order valence-electron chi connectivity index (χ0n) is 10.4. The van der Waals surface area contributed by atoms with Crippen molar-refractivity contribution in [1.29, 1.82) is 0 Å². The number of aryl methyl sites for hydroxylation is 1. The maximum Gasteiger partial charge on any atom is 0.118 e. The minimum absolute atomic E-state index is 0.575. The molecule has 0 N–H and O–H groups in total. The zero-order valence-corrected chi connectivity index (χ0v) is 11.2. The Kier molecular flexibility index (Phi) is 3.28. The lowest BCUT2D eigenvalue weighted by molar-refractivity contribution is 0.414. The number of fused-ring (bicyclic) bond motifs is 1. The second kappa shape index (κ2) is 5.07. The molecule has 0 saturated carbocycles. The third kappa shape index (κ3) is 2.25. The maximum atomic E-state index is 5.21. The van der Waals surface area contributed by atoms with E-state index in [4.69, 9.17) is 4.74 Å². The molecular formula is C16H16OS. The van der Waals surface area contributed by atoms with Crippen molar-refractivity contribution in [3.8, 4) is 5.75 Å². The number of hydrogen-bond acceptors (Lipinski definition) is 2. The summed E-state index contributed by atoms with van der Waals surface area (Å²) in [6, 6.07) is 17.2. The molecule has 1 nitrogen and oxygen atoms in total. The van der Waals surface area contributed by atoms with Crippen LogP contribution in [0.2, 0.25) is 0 Å². The Morgan fingerprint density at radius 3 is 2.61 bits per heavy atom. The van der Waals surface area contributed by atoms with Gasteiger partial charge in [0.1, 0.15) is 5.75 Å². The molecule has 1 aliphatic heterocycles. The Morgan fingerprint density at radius 1 is 1.06 bits per heavy atom. The molecule has 0 amide bonds. The molecule has 0 radical (unpaired) electrons. The lowest BCUT2D eigenvalue weighted by Crippen LogP contribution is -2.04. The van der Waals surface area contributed by atoms with Crippen LogP contribution in [0.1, 0.15) is 22.8 Å². The highest BCUT2D eigenvalue weighted by Gasteiger charge is 2.20. The van der Waals surface area contributed by atoms with E-state index < -0.39 is 0 Å². The maximum absolute atomic E-state index is 5.21. The molecule has 2 aromatic carbocycles. The lowest BCUT2D eigenvalue weighted by atomic mass is 10.0. The molecule has 0 aromatic heterocycles. The Bertz CT molecular complexity index is 533. The molecule has 0 bridgehead atoms. The van der Waals surface area contributed by atoms with Gasteiger partial charge in [-0.15, -0.1) is 11.8 Å². The van der Waals surface area contributed by atoms with Crippen LogP contribution < -0.4 is 4.74 Å². The van der Waals surface area contributed by atoms with E-state index in [-0.39, 0.29) is 0 Å². The fourth-order valence-electron chi connectivity index (χ4n) is 2.38. The molecule has 1 aliphatic rings. The fraction of sp³-hybridized carbons (Fsp3) is 0.250. The summed E-state index contributed by atoms with van der Waals surface area (Å²) in [7, 11) is 1.71. The standard InChI is InChI=1S/C16H16OS/c1-17-14-9-6-13(7-10-14)16-11-8-12-4-2-3-5-15(12)18-16/h2-7,9-10,16H,8,11H2,1H3. The van der Waals surface area contributed by atoms with Crippen LogP contribution in [0.25, 0.3) is 0 Å². The van der Waals surface area contributed by atoms with Crippen molar-refractivity contribution in [2.45, 2.75) is 23.0 Å². The summed E-state index contributed by atoms with van der Waals surface area (Å²) in [5, 5.41) is 0.575. The van der Waals surface area contributed by atoms with Gasteiger partial charge in [0.25, 0.3) is 0 Å². The third-order valence-corrected chi connectivity index (χ3v) is 4.85. The second-order valence-electron chi connectivity index (χ2n) is 4.53. The van der Waals surface area contributed by atoms with Gasteiger partial charge in [-0.3, -0.25) is 0 Å². The van der Waals surface area contributed by atoms with Gasteiger partial charge in [0.2, 0.25) is 0 Å². The van der Waals surface area contributed by atoms with E-state index in [1.807, 2.05) is 11.8 Å². The van der Waals surface area contributed by atoms with Gasteiger partial charge >= 0.3 is 0 Å². The zero-order chi connectivity index (χ0) is 12.4. The van der Waals surface area contributed by atoms with Gasteiger partial charge in [-0.05, 0) is 42.2 Å². The molecule has 0 aliphatic carbocycles. The summed E-state index contributed by atoms with van der Waals surface area (Å²) >= 11 is 1.98. The molecule has 18 heavy (non-hydrogen) atoms. The number of rotatable bonds is 2. The number of thioether (sulfide) groups is 1. The normalized spacial score (nSPS) is 18.2. The van der Waals surface area contributed by atoms with Crippen LogP contribution in [0, 0.1) is 0 Å². The van der Waals surface area contributed by atoms with Crippen LogP contribution in [-0.4, -0.2) is 7.11 Å². The summed E-state index contributed by atoms with van der Waals surface area (Å²) in [5.74, 6) is 0.931. The summed E-state index contributed by atoms with van der Waals surface area (Å²) in [4.78, 5) is 1.43. The van der Waals surface area contributed by atoms with Crippen molar-refractivity contribution in [2.24, 2.45) is 0 Å². The quantitative estimate of drug-likeness (QED) is 0.783. The first-order valence-electron chi connectivity index (χ1n) is 6.25. The van der Waals surface area contributed by atoms with Gasteiger partial charge in [0.05, 0.1) is 7.11 Å². The summed E-state index contributed by atoms with van der Waals surface area (Å²) in [5.41, 5.74) is 2.89. The van der Waals surface area contributed by atoms with Gasteiger partial charge in [-0.1, -0.05) is 30.3 Å². The SMILES string of the molecule is COc1ccc(C2CCc3ccccc3S2)cc1. The first-order valence-corrected chi connectivity index (χ1v) is 7.13. The topological polar surface area (TPSA) is 9.23 Å². The minimum Gasteiger partial charge on any atom is -0.497 e. The molecule has 0 fully saturated rings. The van der Waals surface area contributed by atoms with Gasteiger partial charge < -0.3 is 4.74 Å². The van der Waals surface area contributed by atoms with E-state index in [0.29, 0.717) is 5.25 Å². The van der Waals surface area contributed by atoms with Gasteiger partial charge in [-0.2, -0.15) is 0 Å². The second-order valence-corrected chi connectivity index (χ2v) is 5.77. The van der Waals surface area contributed by atoms with Crippen molar-refractivity contribution >= 4 is 11.8 Å². The average molecular weight is 256 g/mol. The predicted molar refractivity (Wildman–Crippen MR) is 76.4 cm³/mol. The van der Waals surface area contributed by atoms with Gasteiger partial charge in [0.15, 0.2) is 0 Å². The van der Waals surface area contributed by atoms with E-state index >= 15 is 0 Å². The van der Waals surface area contributed by atoms with Crippen molar-refractivity contribution < 1.29 is 4.74 Å². The molecule has 2 aromatic rings. The Labute approximate surface area is 112 Å². The average Bonchev–Trinajstić information content (AvgIpc) is 2.47. The molecular weight excluding hydrogens is 240 g/mol. The highest BCUT2D eigenvalue weighted by Crippen LogP contribution is 2.44. The molecule has 1 heterocycles. The smallest absolute Gasteiger partial charge is 0.118 e. The van der Waals surface area contributed by atoms with E-state index in [2.05, 4.69) is 48.5 Å². The van der Waals surface area contributed by atoms with Crippen molar-refractivity contribution in [3.05, 3.63) is 59.7 Å². The predicted octanol–water partition coefficient (Wildman–Crippen LogP) is 4.47. The first kappa shape index (κ1) is 11.7. The van der Waals surface area contributed by atoms with Crippen LogP contribution in [0.15, 0.2) is 53.4 Å². The summed E-state index contributed by atoms with van der Waals surface area (Å²) in [6.45, 7) is 0. The van der Waals surface area contributed by atoms with Crippen molar-refractivity contribution in [3.63, 3.8) is 0 Å². The molecule has 3 rings (SSSR count). The molecule has 1 unspecified atom stereocenters. The van der Waals surface area contributed by atoms with Crippen LogP contribution in [0.3, 0.4) is 0 Å². The Hall–Kier alpha value is -1.41. The summed E-state index contributed by atoms with van der Waals surface area (Å²) in [6.07, 6.45) is 2.40. The van der Waals surface area contributed by atoms with Crippen LogP contribution in [0.5, 0.6) is 5.75 Å². The Balaban J connectivity index is 1.82. The lowest BCUT2D eigenvalue weighted by Gasteiger charge is -2.24. The number of ether oxygens (including phenoxy) is 1. The fourth-order valence-corrected chi connectivity index (χ4v) is 3.69. The largest absolute Gasteiger partial charge is 0.497 e. The number of hydrogen-bond donors (Lipinski definition) is 0. The molecule has 0 spiro atoms. The highest BCUT2D eigenvalue weighted by atomic mass is 32.2. The third-order valence-electron chi connectivity index (χ3n) is 3.41. The van der Waals surface area contributed by atoms with Gasteiger partial charge in [0, 0.05) is 10.1 Å². The summed E-state index contributed by atoms with van der Waals surface area (Å²) < 4.78 is 5.21. The minimum atomic E-state index is 0.575. The van der Waals surface area contributed by atoms with E-state index in [1.54, 1.807) is 7.11 Å². The number of benzene rings is 2. The van der Waals surface area contributed by atoms with E-state index in [0.717, 1.165) is 5.75 Å². The molecule has 0 saturated heterocycles. The first-order chi connectivity index (χ1) is 8.86. The van der Waals surface area contributed by atoms with Crippen LogP contribution in [0.4, 0.5) is 0 Å². The van der Waals surface area contributed by atoms with Crippen LogP contribution >= 0.6 is 11.8 Å². The number of methoxy groups -OCH3 is 1. The molecule has 2 heteroatoms. The van der Waals surface area contributed by atoms with Crippen LogP contribution in [-0.2, 0) is 6.42 Å². The van der Waals surface area contributed by atoms with Crippen molar-refractivity contribution in [1.82, 2.24) is 0 Å². The van der Waals surface area contributed by atoms with Gasteiger partial charge in [-0.25, -0.2) is 0 Å². The molecule has 92 valence electrons.